The number of carbonyl (C=O) groups is 1. The van der Waals surface area contributed by atoms with Crippen LogP contribution in [0.4, 0.5) is 4.39 Å². The molecule has 1 aromatic heterocycles. The van der Waals surface area contributed by atoms with Gasteiger partial charge in [-0.2, -0.15) is 0 Å². The number of halogens is 1. The van der Waals surface area contributed by atoms with Crippen molar-refractivity contribution < 1.29 is 23.4 Å². The molecule has 0 aliphatic carbocycles. The molecule has 3 rings (SSSR count). The van der Waals surface area contributed by atoms with E-state index in [0.29, 0.717) is 25.2 Å². The van der Waals surface area contributed by atoms with E-state index in [1.807, 2.05) is 53.9 Å². The third-order valence-corrected chi connectivity index (χ3v) is 8.19. The Morgan fingerprint density at radius 1 is 0.714 bits per heavy atom. The van der Waals surface area contributed by atoms with Gasteiger partial charge >= 0.3 is 5.97 Å². The lowest BCUT2D eigenvalue weighted by molar-refractivity contribution is -0.142. The minimum absolute atomic E-state index is 0.120. The van der Waals surface area contributed by atoms with Crippen molar-refractivity contribution in [1.82, 2.24) is 0 Å². The Morgan fingerprint density at radius 3 is 1.88 bits per heavy atom. The molecular formula is C36H49FO4S. The maximum Gasteiger partial charge on any atom is 0.311 e. The normalized spacial score (nSPS) is 11.8. The summed E-state index contributed by atoms with van der Waals surface area (Å²) in [6.07, 6.45) is 13.6. The number of hydrogen-bond acceptors (Lipinski definition) is 5. The second kappa shape index (κ2) is 20.9. The van der Waals surface area contributed by atoms with Crippen molar-refractivity contribution in [3.63, 3.8) is 0 Å². The van der Waals surface area contributed by atoms with E-state index in [1.54, 1.807) is 11.3 Å². The van der Waals surface area contributed by atoms with Crippen LogP contribution in [-0.4, -0.2) is 32.0 Å². The third-order valence-electron chi connectivity index (χ3n) is 7.31. The van der Waals surface area contributed by atoms with Crippen LogP contribution in [0.15, 0.2) is 66.0 Å². The Kier molecular flexibility index (Phi) is 16.8. The van der Waals surface area contributed by atoms with Crippen LogP contribution in [0.2, 0.25) is 0 Å². The Balaban J connectivity index is 1.17. The lowest BCUT2D eigenvalue weighted by Gasteiger charge is -2.11. The highest BCUT2D eigenvalue weighted by molar-refractivity contribution is 7.10. The Morgan fingerprint density at radius 2 is 1.29 bits per heavy atom. The number of rotatable bonds is 23. The number of unbranched alkanes of at least 4 members (excludes halogenated alkanes) is 10. The summed E-state index contributed by atoms with van der Waals surface area (Å²) in [5.74, 6) is 1.48. The molecule has 0 fully saturated rings. The summed E-state index contributed by atoms with van der Waals surface area (Å²) < 4.78 is 31.0. The van der Waals surface area contributed by atoms with Gasteiger partial charge in [0.2, 0.25) is 0 Å². The molecular weight excluding hydrogens is 547 g/mol. The third kappa shape index (κ3) is 14.4. The van der Waals surface area contributed by atoms with E-state index in [4.69, 9.17) is 14.2 Å². The summed E-state index contributed by atoms with van der Waals surface area (Å²) in [5, 5.41) is 1.98. The minimum Gasteiger partial charge on any atom is -0.494 e. The van der Waals surface area contributed by atoms with E-state index >= 15 is 0 Å². The highest BCUT2D eigenvalue weighted by Gasteiger charge is 2.08. The summed E-state index contributed by atoms with van der Waals surface area (Å²) in [4.78, 5) is 12.8. The quantitative estimate of drug-likeness (QED) is 0.0807. The lowest BCUT2D eigenvalue weighted by Crippen LogP contribution is -2.12. The predicted molar refractivity (Wildman–Crippen MR) is 172 cm³/mol. The first-order chi connectivity index (χ1) is 20.6. The van der Waals surface area contributed by atoms with Gasteiger partial charge in [-0.05, 0) is 66.1 Å². The van der Waals surface area contributed by atoms with Crippen LogP contribution < -0.4 is 9.47 Å². The molecule has 230 valence electrons. The van der Waals surface area contributed by atoms with Crippen LogP contribution in [0.5, 0.6) is 11.5 Å². The summed E-state index contributed by atoms with van der Waals surface area (Å²) in [7, 11) is 0. The van der Waals surface area contributed by atoms with Crippen molar-refractivity contribution in [2.75, 3.05) is 19.8 Å². The molecule has 0 unspecified atom stereocenters. The summed E-state index contributed by atoms with van der Waals surface area (Å²) in [6.45, 7) is 3.55. The highest BCUT2D eigenvalue weighted by Crippen LogP contribution is 2.25. The molecule has 1 heterocycles. The van der Waals surface area contributed by atoms with Gasteiger partial charge in [-0.25, -0.2) is 4.39 Å². The van der Waals surface area contributed by atoms with Crippen molar-refractivity contribution in [3.05, 3.63) is 70.9 Å². The van der Waals surface area contributed by atoms with Gasteiger partial charge in [0.15, 0.2) is 0 Å². The van der Waals surface area contributed by atoms with Crippen LogP contribution in [0.3, 0.4) is 0 Å². The average Bonchev–Trinajstić information content (AvgIpc) is 3.52. The lowest BCUT2D eigenvalue weighted by atomic mass is 10.1. The van der Waals surface area contributed by atoms with E-state index in [-0.39, 0.29) is 12.6 Å². The minimum atomic E-state index is -0.906. The first-order valence-corrected chi connectivity index (χ1v) is 16.8. The van der Waals surface area contributed by atoms with Crippen LogP contribution in [-0.2, 0) is 16.0 Å². The molecule has 0 aliphatic heterocycles. The zero-order valence-corrected chi connectivity index (χ0v) is 26.2. The molecule has 1 atom stereocenters. The van der Waals surface area contributed by atoms with Crippen molar-refractivity contribution in [1.29, 1.82) is 0 Å². The molecule has 0 amide bonds. The Labute approximate surface area is 256 Å². The maximum atomic E-state index is 14.0. The smallest absolute Gasteiger partial charge is 0.311 e. The largest absolute Gasteiger partial charge is 0.494 e. The van der Waals surface area contributed by atoms with Crippen molar-refractivity contribution in [2.45, 2.75) is 103 Å². The maximum absolute atomic E-state index is 14.0. The van der Waals surface area contributed by atoms with Crippen LogP contribution in [0.1, 0.15) is 95.3 Å². The van der Waals surface area contributed by atoms with Gasteiger partial charge in [-0.3, -0.25) is 4.79 Å². The zero-order chi connectivity index (χ0) is 29.7. The Hall–Kier alpha value is -2.86. The van der Waals surface area contributed by atoms with E-state index in [2.05, 4.69) is 19.1 Å². The number of hydrogen-bond donors (Lipinski definition) is 0. The van der Waals surface area contributed by atoms with Crippen molar-refractivity contribution in [2.24, 2.45) is 0 Å². The first-order valence-electron chi connectivity index (χ1n) is 15.9. The topological polar surface area (TPSA) is 44.8 Å². The molecule has 0 spiro atoms. The standard InChI is InChI=1S/C36H49FO4S/c1-2-3-4-11-15-32(37)29-41-34-23-19-31(20-24-34)30-17-21-33(22-18-30)39-25-12-9-7-5-6-8-10-13-26-40-36(38)28-35-16-14-27-42-35/h14,16-24,27,32H,2-13,15,25-26,28-29H2,1H3/t32-/m0/s1. The van der Waals surface area contributed by atoms with Gasteiger partial charge in [0.25, 0.3) is 0 Å². The molecule has 0 aliphatic rings. The fourth-order valence-electron chi connectivity index (χ4n) is 4.80. The molecule has 0 saturated heterocycles. The van der Waals surface area contributed by atoms with Gasteiger partial charge < -0.3 is 14.2 Å². The van der Waals surface area contributed by atoms with E-state index in [9.17, 15) is 9.18 Å². The molecule has 0 bridgehead atoms. The molecule has 4 nitrogen and oxygen atoms in total. The molecule has 0 saturated carbocycles. The second-order valence-electron chi connectivity index (χ2n) is 11.0. The van der Waals surface area contributed by atoms with Crippen LogP contribution in [0.25, 0.3) is 11.1 Å². The molecule has 0 N–H and O–H groups in total. The van der Waals surface area contributed by atoms with Gasteiger partial charge in [-0.15, -0.1) is 11.3 Å². The number of carbonyl (C=O) groups excluding carboxylic acids is 1. The monoisotopic (exact) mass is 596 g/mol. The van der Waals surface area contributed by atoms with Crippen LogP contribution in [0, 0.1) is 0 Å². The van der Waals surface area contributed by atoms with E-state index in [0.717, 1.165) is 60.5 Å². The zero-order valence-electron chi connectivity index (χ0n) is 25.4. The summed E-state index contributed by atoms with van der Waals surface area (Å²) in [6, 6.07) is 20.0. The number of ether oxygens (including phenoxy) is 3. The summed E-state index contributed by atoms with van der Waals surface area (Å²) >= 11 is 1.59. The van der Waals surface area contributed by atoms with Crippen molar-refractivity contribution in [3.8, 4) is 22.6 Å². The van der Waals surface area contributed by atoms with Gasteiger partial charge in [0, 0.05) is 4.88 Å². The SMILES string of the molecule is CCCCCC[C@H](F)COc1ccc(-c2ccc(OCCCCCCCCCCOC(=O)Cc3cccs3)cc2)cc1. The molecule has 6 heteroatoms. The second-order valence-corrected chi connectivity index (χ2v) is 12.0. The molecule has 0 radical (unpaired) electrons. The van der Waals surface area contributed by atoms with Crippen molar-refractivity contribution >= 4 is 17.3 Å². The molecule has 2 aromatic carbocycles. The fourth-order valence-corrected chi connectivity index (χ4v) is 5.49. The Bertz CT molecular complexity index is 1080. The summed E-state index contributed by atoms with van der Waals surface area (Å²) in [5.41, 5.74) is 2.21. The van der Waals surface area contributed by atoms with Crippen LogP contribution >= 0.6 is 11.3 Å². The molecule has 3 aromatic rings. The van der Waals surface area contributed by atoms with E-state index < -0.39 is 6.17 Å². The number of thiophene rings is 1. The van der Waals surface area contributed by atoms with Gasteiger partial charge in [-0.1, -0.05) is 101 Å². The number of esters is 1. The van der Waals surface area contributed by atoms with Gasteiger partial charge in [0.1, 0.15) is 24.3 Å². The predicted octanol–water partition coefficient (Wildman–Crippen LogP) is 10.4. The van der Waals surface area contributed by atoms with E-state index in [1.165, 1.54) is 44.9 Å². The number of benzene rings is 2. The number of alkyl halides is 1. The highest BCUT2D eigenvalue weighted by atomic mass is 32.1. The molecule has 42 heavy (non-hydrogen) atoms. The first kappa shape index (κ1) is 33.6. The van der Waals surface area contributed by atoms with Gasteiger partial charge in [0.05, 0.1) is 19.6 Å². The average molecular weight is 597 g/mol. The fraction of sp³-hybridized carbons (Fsp3) is 0.528.